The summed E-state index contributed by atoms with van der Waals surface area (Å²) in [4.78, 5) is 12.4. The Hall–Kier alpha value is -2.91. The normalized spacial score (nSPS) is 11.8. The van der Waals surface area contributed by atoms with Gasteiger partial charge in [-0.25, -0.2) is 17.9 Å². The molecule has 9 heteroatoms. The smallest absolute Gasteiger partial charge is 0.350 e. The first-order valence-electron chi connectivity index (χ1n) is 8.39. The molecule has 2 aromatic heterocycles. The van der Waals surface area contributed by atoms with Gasteiger partial charge in [0.25, 0.3) is 0 Å². The Kier molecular flexibility index (Phi) is 5.43. The summed E-state index contributed by atoms with van der Waals surface area (Å²) in [5, 5.41) is 7.43. The Morgan fingerprint density at radius 1 is 1.22 bits per heavy atom. The Balaban J connectivity index is 1.64. The van der Waals surface area contributed by atoms with Crippen molar-refractivity contribution in [2.75, 3.05) is 25.5 Å². The van der Waals surface area contributed by atoms with Crippen molar-refractivity contribution >= 4 is 21.4 Å². The van der Waals surface area contributed by atoms with Gasteiger partial charge in [-0.1, -0.05) is 12.1 Å². The highest BCUT2D eigenvalue weighted by molar-refractivity contribution is 7.89. The summed E-state index contributed by atoms with van der Waals surface area (Å²) in [6.07, 6.45) is 3.21. The summed E-state index contributed by atoms with van der Waals surface area (Å²) >= 11 is 0. The van der Waals surface area contributed by atoms with Crippen LogP contribution in [0.5, 0.6) is 0 Å². The fraction of sp³-hybridized carbons (Fsp3) is 0.222. The molecule has 3 rings (SSSR count). The summed E-state index contributed by atoms with van der Waals surface area (Å²) in [7, 11) is -2.02. The Bertz CT molecular complexity index is 1100. The molecule has 27 heavy (non-hydrogen) atoms. The van der Waals surface area contributed by atoms with E-state index in [0.717, 1.165) is 5.69 Å². The first kappa shape index (κ1) is 18.9. The molecule has 0 radical (unpaired) electrons. The van der Waals surface area contributed by atoms with Gasteiger partial charge in [-0.05, 0) is 36.4 Å². The molecule has 0 atom stereocenters. The first-order chi connectivity index (χ1) is 12.9. The second-order valence-corrected chi connectivity index (χ2v) is 8.00. The van der Waals surface area contributed by atoms with E-state index in [4.69, 9.17) is 0 Å². The highest BCUT2D eigenvalue weighted by Crippen LogP contribution is 2.17. The minimum Gasteiger partial charge on any atom is -0.383 e. The van der Waals surface area contributed by atoms with Crippen molar-refractivity contribution in [3.8, 4) is 0 Å². The predicted octanol–water partition coefficient (Wildman–Crippen LogP) is 1.41. The highest BCUT2D eigenvalue weighted by Gasteiger charge is 2.19. The maximum Gasteiger partial charge on any atom is 0.350 e. The third-order valence-electron chi connectivity index (χ3n) is 4.09. The average molecular weight is 387 g/mol. The van der Waals surface area contributed by atoms with E-state index in [1.165, 1.54) is 26.5 Å². The lowest BCUT2D eigenvalue weighted by atomic mass is 10.3. The van der Waals surface area contributed by atoms with E-state index in [0.29, 0.717) is 18.7 Å². The van der Waals surface area contributed by atoms with Crippen LogP contribution in [0.15, 0.2) is 71.0 Å². The van der Waals surface area contributed by atoms with Gasteiger partial charge in [-0.15, -0.1) is 11.7 Å². The molecule has 2 heterocycles. The fourth-order valence-electron chi connectivity index (χ4n) is 2.62. The van der Waals surface area contributed by atoms with Gasteiger partial charge in [0.15, 0.2) is 5.65 Å². The first-order valence-corrected chi connectivity index (χ1v) is 9.83. The van der Waals surface area contributed by atoms with Gasteiger partial charge in [0.05, 0.1) is 11.4 Å². The van der Waals surface area contributed by atoms with Crippen LogP contribution in [0.3, 0.4) is 0 Å². The third kappa shape index (κ3) is 3.93. The molecule has 0 saturated carbocycles. The van der Waals surface area contributed by atoms with Crippen LogP contribution in [0, 0.1) is 0 Å². The molecular weight excluding hydrogens is 366 g/mol. The van der Waals surface area contributed by atoms with Crippen LogP contribution in [-0.4, -0.2) is 47.0 Å². The Morgan fingerprint density at radius 2 is 1.96 bits per heavy atom. The molecule has 8 nitrogen and oxygen atoms in total. The number of benzene rings is 1. The zero-order valence-corrected chi connectivity index (χ0v) is 15.8. The van der Waals surface area contributed by atoms with Crippen LogP contribution >= 0.6 is 0 Å². The zero-order valence-electron chi connectivity index (χ0n) is 14.9. The van der Waals surface area contributed by atoms with Gasteiger partial charge in [-0.2, -0.15) is 4.31 Å². The van der Waals surface area contributed by atoms with Crippen LogP contribution in [0.1, 0.15) is 0 Å². The zero-order chi connectivity index (χ0) is 19.4. The largest absolute Gasteiger partial charge is 0.383 e. The van der Waals surface area contributed by atoms with Crippen molar-refractivity contribution in [1.82, 2.24) is 18.5 Å². The van der Waals surface area contributed by atoms with E-state index >= 15 is 0 Å². The number of hydrogen-bond acceptors (Lipinski definition) is 5. The summed E-state index contributed by atoms with van der Waals surface area (Å²) < 4.78 is 28.8. The van der Waals surface area contributed by atoms with Crippen molar-refractivity contribution in [2.24, 2.45) is 0 Å². The molecule has 1 aromatic carbocycles. The molecule has 0 aliphatic heterocycles. The molecule has 0 spiro atoms. The van der Waals surface area contributed by atoms with E-state index < -0.39 is 10.0 Å². The second kappa shape index (κ2) is 7.77. The molecule has 0 fully saturated rings. The highest BCUT2D eigenvalue weighted by atomic mass is 32.2. The van der Waals surface area contributed by atoms with Crippen molar-refractivity contribution in [2.45, 2.75) is 11.4 Å². The molecular formula is C18H21N5O3S. The van der Waals surface area contributed by atoms with Crippen LogP contribution < -0.4 is 11.0 Å². The molecule has 0 amide bonds. The van der Waals surface area contributed by atoms with Gasteiger partial charge in [-0.3, -0.25) is 4.40 Å². The number of aromatic nitrogens is 3. The fourth-order valence-corrected chi connectivity index (χ4v) is 3.77. The molecule has 1 N–H and O–H groups in total. The van der Waals surface area contributed by atoms with Crippen molar-refractivity contribution < 1.29 is 8.42 Å². The number of rotatable bonds is 8. The van der Waals surface area contributed by atoms with Gasteiger partial charge in [0, 0.05) is 32.0 Å². The SMILES string of the molecule is C=CCN(C)S(=O)(=O)c1ccc(NCCn2nc3ccccn3c2=O)cc1. The lowest BCUT2D eigenvalue weighted by Gasteiger charge is -2.15. The second-order valence-electron chi connectivity index (χ2n) is 5.96. The third-order valence-corrected chi connectivity index (χ3v) is 5.93. The van der Waals surface area contributed by atoms with E-state index in [-0.39, 0.29) is 17.1 Å². The van der Waals surface area contributed by atoms with Crippen molar-refractivity contribution in [3.63, 3.8) is 0 Å². The minimum atomic E-state index is -3.53. The van der Waals surface area contributed by atoms with Crippen LogP contribution in [-0.2, 0) is 16.6 Å². The molecule has 0 unspecified atom stereocenters. The number of fused-ring (bicyclic) bond motifs is 1. The topological polar surface area (TPSA) is 88.7 Å². The quantitative estimate of drug-likeness (QED) is 0.591. The summed E-state index contributed by atoms with van der Waals surface area (Å²) in [5.41, 5.74) is 1.16. The van der Waals surface area contributed by atoms with Gasteiger partial charge < -0.3 is 5.32 Å². The summed E-state index contributed by atoms with van der Waals surface area (Å²) in [6.45, 7) is 4.67. The Labute approximate surface area is 157 Å². The van der Waals surface area contributed by atoms with Crippen LogP contribution in [0.4, 0.5) is 5.69 Å². The minimum absolute atomic E-state index is 0.195. The van der Waals surface area contributed by atoms with Crippen LogP contribution in [0.25, 0.3) is 5.65 Å². The molecule has 0 bridgehead atoms. The maximum atomic E-state index is 12.4. The molecule has 0 aliphatic carbocycles. The number of nitrogens with zero attached hydrogens (tertiary/aromatic N) is 4. The Morgan fingerprint density at radius 3 is 2.63 bits per heavy atom. The molecule has 0 aliphatic rings. The lowest BCUT2D eigenvalue weighted by molar-refractivity contribution is 0.499. The predicted molar refractivity (Wildman–Crippen MR) is 104 cm³/mol. The number of anilines is 1. The van der Waals surface area contributed by atoms with Gasteiger partial charge in [0.2, 0.25) is 10.0 Å². The number of sulfonamides is 1. The van der Waals surface area contributed by atoms with E-state index in [2.05, 4.69) is 17.0 Å². The number of likely N-dealkylation sites (N-methyl/N-ethyl adjacent to an activating group) is 1. The number of hydrogen-bond donors (Lipinski definition) is 1. The maximum absolute atomic E-state index is 12.4. The molecule has 142 valence electrons. The number of pyridine rings is 1. The standard InChI is InChI=1S/C18H21N5O3S/c1-3-12-21(2)27(25,26)16-9-7-15(8-10-16)19-11-14-23-18(24)22-13-5-4-6-17(22)20-23/h3-10,13,19H,1,11-12,14H2,2H3. The van der Waals surface area contributed by atoms with Gasteiger partial charge >= 0.3 is 5.69 Å². The van der Waals surface area contributed by atoms with E-state index in [9.17, 15) is 13.2 Å². The number of nitrogens with one attached hydrogen (secondary N) is 1. The average Bonchev–Trinajstić information content (AvgIpc) is 2.98. The lowest BCUT2D eigenvalue weighted by Crippen LogP contribution is -2.27. The summed E-state index contributed by atoms with van der Waals surface area (Å²) in [6, 6.07) is 11.9. The van der Waals surface area contributed by atoms with Gasteiger partial charge in [0.1, 0.15) is 0 Å². The molecule has 3 aromatic rings. The monoisotopic (exact) mass is 387 g/mol. The van der Waals surface area contributed by atoms with Crippen molar-refractivity contribution in [1.29, 1.82) is 0 Å². The summed E-state index contributed by atoms with van der Waals surface area (Å²) in [5.74, 6) is 0. The van der Waals surface area contributed by atoms with Crippen molar-refractivity contribution in [3.05, 3.63) is 71.8 Å². The van der Waals surface area contributed by atoms with E-state index in [1.807, 2.05) is 6.07 Å². The van der Waals surface area contributed by atoms with Crippen LogP contribution in [0.2, 0.25) is 0 Å². The molecule has 0 saturated heterocycles. The van der Waals surface area contributed by atoms with E-state index in [1.54, 1.807) is 42.6 Å².